The normalized spacial score (nSPS) is 20.1. The average Bonchev–Trinajstić information content (AvgIpc) is 3.73. The Morgan fingerprint density at radius 1 is 0.895 bits per heavy atom. The van der Waals surface area contributed by atoms with Gasteiger partial charge in [0.2, 0.25) is 5.91 Å². The van der Waals surface area contributed by atoms with E-state index >= 15 is 0 Å². The summed E-state index contributed by atoms with van der Waals surface area (Å²) in [6.07, 6.45) is 3.57. The Morgan fingerprint density at radius 3 is 2.24 bits per heavy atom. The van der Waals surface area contributed by atoms with Gasteiger partial charge in [-0.2, -0.15) is 0 Å². The van der Waals surface area contributed by atoms with Gasteiger partial charge in [0.15, 0.2) is 0 Å². The van der Waals surface area contributed by atoms with Crippen LogP contribution < -0.4 is 5.32 Å². The molecule has 1 saturated carbocycles. The Kier molecular flexibility index (Phi) is 8.18. The summed E-state index contributed by atoms with van der Waals surface area (Å²) in [6.45, 7) is 3.05. The summed E-state index contributed by atoms with van der Waals surface area (Å²) >= 11 is 0. The Balaban J connectivity index is 1.20. The van der Waals surface area contributed by atoms with Gasteiger partial charge in [0.25, 0.3) is 5.91 Å². The lowest BCUT2D eigenvalue weighted by molar-refractivity contribution is -0.135. The molecule has 3 aromatic carbocycles. The fourth-order valence-electron chi connectivity index (χ4n) is 5.46. The summed E-state index contributed by atoms with van der Waals surface area (Å²) in [5.74, 6) is 0.619. The van der Waals surface area contributed by atoms with Gasteiger partial charge in [-0.1, -0.05) is 61.0 Å². The minimum absolute atomic E-state index is 0.0123. The highest BCUT2D eigenvalue weighted by Crippen LogP contribution is 2.50. The van der Waals surface area contributed by atoms with Crippen molar-refractivity contribution >= 4 is 11.8 Å². The molecular formula is C32H36FN3O2. The molecule has 1 aliphatic heterocycles. The molecule has 0 aromatic heterocycles. The van der Waals surface area contributed by atoms with E-state index in [4.69, 9.17) is 0 Å². The van der Waals surface area contributed by atoms with Crippen LogP contribution in [0.5, 0.6) is 0 Å². The topological polar surface area (TPSA) is 52.6 Å². The van der Waals surface area contributed by atoms with Gasteiger partial charge in [0, 0.05) is 31.7 Å². The number of benzene rings is 3. The summed E-state index contributed by atoms with van der Waals surface area (Å²) < 4.78 is 13.3. The highest BCUT2D eigenvalue weighted by atomic mass is 19.1. The molecule has 1 heterocycles. The van der Waals surface area contributed by atoms with Crippen LogP contribution in [0.1, 0.15) is 47.5 Å². The van der Waals surface area contributed by atoms with Gasteiger partial charge >= 0.3 is 0 Å². The van der Waals surface area contributed by atoms with Crippen molar-refractivity contribution in [2.24, 2.45) is 5.92 Å². The largest absolute Gasteiger partial charge is 0.340 e. The molecule has 1 saturated heterocycles. The van der Waals surface area contributed by atoms with Crippen LogP contribution in [0, 0.1) is 11.7 Å². The smallest absolute Gasteiger partial charge is 0.251 e. The predicted molar refractivity (Wildman–Crippen MR) is 148 cm³/mol. The van der Waals surface area contributed by atoms with Crippen molar-refractivity contribution in [1.82, 2.24) is 15.1 Å². The zero-order chi connectivity index (χ0) is 26.5. The molecule has 6 heteroatoms. The van der Waals surface area contributed by atoms with E-state index in [0.29, 0.717) is 36.9 Å². The van der Waals surface area contributed by atoms with Gasteiger partial charge in [0.1, 0.15) is 11.9 Å². The van der Waals surface area contributed by atoms with Gasteiger partial charge in [-0.05, 0) is 79.1 Å². The molecule has 1 aliphatic carbocycles. The van der Waals surface area contributed by atoms with Gasteiger partial charge in [-0.3, -0.25) is 9.59 Å². The lowest BCUT2D eigenvalue weighted by Crippen LogP contribution is -2.54. The second-order valence-electron chi connectivity index (χ2n) is 10.7. The third-order valence-electron chi connectivity index (χ3n) is 7.96. The number of amides is 2. The molecule has 0 radical (unpaired) electrons. The molecule has 0 spiro atoms. The molecule has 3 aromatic rings. The second-order valence-corrected chi connectivity index (χ2v) is 10.7. The summed E-state index contributed by atoms with van der Waals surface area (Å²) in [6, 6.07) is 23.9. The Hall–Kier alpha value is -3.51. The molecule has 5 nitrogen and oxygen atoms in total. The van der Waals surface area contributed by atoms with E-state index in [2.05, 4.69) is 17.3 Å². The summed E-state index contributed by atoms with van der Waals surface area (Å²) in [5.41, 5.74) is 3.89. The fourth-order valence-corrected chi connectivity index (χ4v) is 5.46. The lowest BCUT2D eigenvalue weighted by atomic mass is 10.0. The van der Waals surface area contributed by atoms with Crippen LogP contribution in [-0.4, -0.2) is 60.9 Å². The van der Waals surface area contributed by atoms with E-state index in [-0.39, 0.29) is 17.6 Å². The molecular weight excluding hydrogens is 477 g/mol. The van der Waals surface area contributed by atoms with Crippen molar-refractivity contribution in [2.45, 2.75) is 37.6 Å². The third-order valence-corrected chi connectivity index (χ3v) is 7.96. The molecule has 3 atom stereocenters. The van der Waals surface area contributed by atoms with E-state index < -0.39 is 6.04 Å². The first kappa shape index (κ1) is 26.1. The molecule has 2 aliphatic rings. The van der Waals surface area contributed by atoms with Crippen LogP contribution in [-0.2, 0) is 4.79 Å². The molecule has 5 rings (SSSR count). The van der Waals surface area contributed by atoms with Crippen molar-refractivity contribution in [2.75, 3.05) is 33.2 Å². The number of nitrogens with zero attached hydrogens (tertiary/aromatic N) is 2. The average molecular weight is 514 g/mol. The molecule has 2 fully saturated rings. The number of hydrogen-bond donors (Lipinski definition) is 1. The van der Waals surface area contributed by atoms with E-state index in [0.717, 1.165) is 43.5 Å². The Labute approximate surface area is 224 Å². The van der Waals surface area contributed by atoms with E-state index in [1.807, 2.05) is 71.6 Å². The Bertz CT molecular complexity index is 1220. The number of carbonyl (C=O) groups is 2. The summed E-state index contributed by atoms with van der Waals surface area (Å²) in [7, 11) is 2.06. The van der Waals surface area contributed by atoms with Gasteiger partial charge in [0.05, 0.1) is 0 Å². The Morgan fingerprint density at radius 2 is 1.55 bits per heavy atom. The minimum atomic E-state index is -0.539. The highest BCUT2D eigenvalue weighted by molar-refractivity contribution is 5.98. The van der Waals surface area contributed by atoms with Crippen molar-refractivity contribution < 1.29 is 14.0 Å². The number of hydrogen-bond acceptors (Lipinski definition) is 3. The van der Waals surface area contributed by atoms with Gasteiger partial charge < -0.3 is 15.1 Å². The number of carbonyl (C=O) groups excluding carboxylic acids is 2. The van der Waals surface area contributed by atoms with Crippen LogP contribution in [0.4, 0.5) is 4.39 Å². The molecule has 0 unspecified atom stereocenters. The van der Waals surface area contributed by atoms with Gasteiger partial charge in [-0.25, -0.2) is 4.39 Å². The van der Waals surface area contributed by atoms with Crippen LogP contribution >= 0.6 is 0 Å². The highest BCUT2D eigenvalue weighted by Gasteiger charge is 2.38. The van der Waals surface area contributed by atoms with E-state index in [9.17, 15) is 14.0 Å². The quantitative estimate of drug-likeness (QED) is 0.420. The predicted octanol–water partition coefficient (Wildman–Crippen LogP) is 5.34. The van der Waals surface area contributed by atoms with E-state index in [1.165, 1.54) is 17.7 Å². The van der Waals surface area contributed by atoms with Crippen LogP contribution in [0.3, 0.4) is 0 Å². The molecule has 2 amide bonds. The molecule has 198 valence electrons. The second kappa shape index (κ2) is 11.9. The number of piperazine rings is 1. The van der Waals surface area contributed by atoms with Crippen LogP contribution in [0.25, 0.3) is 11.1 Å². The first-order valence-electron chi connectivity index (χ1n) is 13.7. The van der Waals surface area contributed by atoms with Crippen molar-refractivity contribution in [3.05, 3.63) is 95.8 Å². The number of likely N-dealkylation sites (N-methyl/N-ethyl adjacent to an activating group) is 1. The maximum atomic E-state index is 13.5. The van der Waals surface area contributed by atoms with Crippen molar-refractivity contribution in [3.63, 3.8) is 0 Å². The number of rotatable bonds is 9. The van der Waals surface area contributed by atoms with E-state index in [1.54, 1.807) is 0 Å². The zero-order valence-corrected chi connectivity index (χ0v) is 22.0. The standard InChI is InChI=1S/C32H36FN3O2/c1-35-18-20-36(21-19-35)32(38)30(9-5-8-27-22-29(27)25-14-16-28(33)17-15-25)34-31(37)26-12-10-24(11-13-26)23-6-3-2-4-7-23/h2-4,6-7,10-17,27,29-30H,5,8-9,18-22H2,1H3,(H,34,37)/t27-,29+,30-/m0/s1. The number of nitrogens with one attached hydrogen (secondary N) is 1. The molecule has 38 heavy (non-hydrogen) atoms. The van der Waals surface area contributed by atoms with Crippen LogP contribution in [0.2, 0.25) is 0 Å². The lowest BCUT2D eigenvalue weighted by Gasteiger charge is -2.34. The molecule has 0 bridgehead atoms. The monoisotopic (exact) mass is 513 g/mol. The van der Waals surface area contributed by atoms with Crippen molar-refractivity contribution in [3.8, 4) is 11.1 Å². The molecule has 1 N–H and O–H groups in total. The summed E-state index contributed by atoms with van der Waals surface area (Å²) in [4.78, 5) is 30.8. The fraction of sp³-hybridized carbons (Fsp3) is 0.375. The maximum Gasteiger partial charge on any atom is 0.251 e. The maximum absolute atomic E-state index is 13.5. The number of halogens is 1. The zero-order valence-electron chi connectivity index (χ0n) is 22.0. The SMILES string of the molecule is CN1CCN(C(=O)[C@H](CCC[C@H]2C[C@@H]2c2ccc(F)cc2)NC(=O)c2ccc(-c3ccccc3)cc2)CC1. The summed E-state index contributed by atoms with van der Waals surface area (Å²) in [5, 5.41) is 3.06. The third kappa shape index (κ3) is 6.48. The first-order chi connectivity index (χ1) is 18.5. The van der Waals surface area contributed by atoms with Gasteiger partial charge in [-0.15, -0.1) is 0 Å². The van der Waals surface area contributed by atoms with Crippen LogP contribution in [0.15, 0.2) is 78.9 Å². The minimum Gasteiger partial charge on any atom is -0.340 e. The first-order valence-corrected chi connectivity index (χ1v) is 13.7. The van der Waals surface area contributed by atoms with Crippen molar-refractivity contribution in [1.29, 1.82) is 0 Å².